The van der Waals surface area contributed by atoms with E-state index in [2.05, 4.69) is 5.32 Å². The van der Waals surface area contributed by atoms with Gasteiger partial charge in [-0.2, -0.15) is 11.8 Å². The lowest BCUT2D eigenvalue weighted by atomic mass is 10.0. The maximum absolute atomic E-state index is 12.3. The molecular weight excluding hydrogens is 282 g/mol. The van der Waals surface area contributed by atoms with Crippen molar-refractivity contribution in [3.63, 3.8) is 0 Å². The summed E-state index contributed by atoms with van der Waals surface area (Å²) in [6.07, 6.45) is 2.32. The number of amides is 1. The standard InChI is InChI=1S/C17H19NO2S/c19-16-10-14-4-2-1-3-13(14)9-15(16)17(20)18-11-12-5-7-21-8-6-12/h1-4,9-10,12,19H,5-8,11H2,(H,18,20). The molecule has 0 atom stereocenters. The van der Waals surface area contributed by atoms with Gasteiger partial charge in [0, 0.05) is 6.54 Å². The molecule has 1 heterocycles. The van der Waals surface area contributed by atoms with Gasteiger partial charge in [0.2, 0.25) is 0 Å². The van der Waals surface area contributed by atoms with Gasteiger partial charge in [-0.1, -0.05) is 24.3 Å². The van der Waals surface area contributed by atoms with Crippen molar-refractivity contribution in [3.05, 3.63) is 42.0 Å². The van der Waals surface area contributed by atoms with Crippen molar-refractivity contribution in [2.75, 3.05) is 18.1 Å². The zero-order valence-electron chi connectivity index (χ0n) is 11.8. The Kier molecular flexibility index (Phi) is 4.34. The molecule has 1 aliphatic rings. The van der Waals surface area contributed by atoms with Crippen LogP contribution in [0.4, 0.5) is 0 Å². The van der Waals surface area contributed by atoms with Crippen LogP contribution in [0.2, 0.25) is 0 Å². The Bertz CT molecular complexity index is 650. The van der Waals surface area contributed by atoms with Crippen LogP contribution in [0.25, 0.3) is 10.8 Å². The summed E-state index contributed by atoms with van der Waals surface area (Å²) in [5.41, 5.74) is 0.360. The van der Waals surface area contributed by atoms with Crippen LogP contribution >= 0.6 is 11.8 Å². The van der Waals surface area contributed by atoms with Gasteiger partial charge in [-0.25, -0.2) is 0 Å². The molecule has 1 amide bonds. The summed E-state index contributed by atoms with van der Waals surface area (Å²) in [5, 5.41) is 14.9. The fraction of sp³-hybridized carbons (Fsp3) is 0.353. The van der Waals surface area contributed by atoms with Gasteiger partial charge >= 0.3 is 0 Å². The maximum Gasteiger partial charge on any atom is 0.255 e. The van der Waals surface area contributed by atoms with Crippen molar-refractivity contribution in [1.29, 1.82) is 0 Å². The predicted molar refractivity (Wildman–Crippen MR) is 88.0 cm³/mol. The first-order valence-electron chi connectivity index (χ1n) is 7.32. The smallest absolute Gasteiger partial charge is 0.255 e. The first-order chi connectivity index (χ1) is 10.2. The van der Waals surface area contributed by atoms with E-state index in [-0.39, 0.29) is 11.7 Å². The highest BCUT2D eigenvalue weighted by molar-refractivity contribution is 7.99. The zero-order valence-corrected chi connectivity index (χ0v) is 12.7. The fourth-order valence-electron chi connectivity index (χ4n) is 2.69. The number of carbonyl (C=O) groups is 1. The molecule has 21 heavy (non-hydrogen) atoms. The summed E-state index contributed by atoms with van der Waals surface area (Å²) in [5.74, 6) is 2.79. The van der Waals surface area contributed by atoms with Crippen LogP contribution < -0.4 is 5.32 Å². The van der Waals surface area contributed by atoms with Gasteiger partial charge in [0.15, 0.2) is 0 Å². The number of phenolic OH excluding ortho intramolecular Hbond substituents is 1. The Balaban J connectivity index is 1.73. The minimum Gasteiger partial charge on any atom is -0.507 e. The van der Waals surface area contributed by atoms with E-state index in [9.17, 15) is 9.90 Å². The average Bonchev–Trinajstić information content (AvgIpc) is 2.53. The second-order valence-corrected chi connectivity index (χ2v) is 6.71. The third kappa shape index (κ3) is 3.32. The van der Waals surface area contributed by atoms with E-state index in [1.165, 1.54) is 11.5 Å². The molecule has 0 aromatic heterocycles. The number of phenols is 1. The number of aromatic hydroxyl groups is 1. The number of hydrogen-bond acceptors (Lipinski definition) is 3. The number of carbonyl (C=O) groups excluding carboxylic acids is 1. The highest BCUT2D eigenvalue weighted by Crippen LogP contribution is 2.25. The van der Waals surface area contributed by atoms with Crippen LogP contribution in [-0.2, 0) is 0 Å². The number of nitrogens with one attached hydrogen (secondary N) is 1. The Morgan fingerprint density at radius 3 is 2.57 bits per heavy atom. The largest absolute Gasteiger partial charge is 0.507 e. The zero-order chi connectivity index (χ0) is 14.7. The van der Waals surface area contributed by atoms with Gasteiger partial charge < -0.3 is 10.4 Å². The normalized spacial score (nSPS) is 16.0. The van der Waals surface area contributed by atoms with Crippen LogP contribution in [-0.4, -0.2) is 29.1 Å². The van der Waals surface area contributed by atoms with E-state index in [0.717, 1.165) is 23.6 Å². The molecule has 1 saturated heterocycles. The summed E-state index contributed by atoms with van der Waals surface area (Å²) < 4.78 is 0. The minimum atomic E-state index is -0.184. The van der Waals surface area contributed by atoms with Crippen molar-refractivity contribution in [1.82, 2.24) is 5.32 Å². The molecule has 0 spiro atoms. The van der Waals surface area contributed by atoms with Crippen LogP contribution in [0, 0.1) is 5.92 Å². The number of rotatable bonds is 3. The monoisotopic (exact) mass is 301 g/mol. The Morgan fingerprint density at radius 2 is 1.86 bits per heavy atom. The average molecular weight is 301 g/mol. The molecule has 4 heteroatoms. The molecule has 3 nitrogen and oxygen atoms in total. The van der Waals surface area contributed by atoms with Crippen molar-refractivity contribution in [2.24, 2.45) is 5.92 Å². The molecule has 110 valence electrons. The van der Waals surface area contributed by atoms with Crippen LogP contribution in [0.1, 0.15) is 23.2 Å². The molecule has 0 saturated carbocycles. The van der Waals surface area contributed by atoms with E-state index >= 15 is 0 Å². The molecule has 2 aromatic rings. The van der Waals surface area contributed by atoms with Crippen LogP contribution in [0.3, 0.4) is 0 Å². The van der Waals surface area contributed by atoms with E-state index in [1.807, 2.05) is 36.0 Å². The Labute approximate surface area is 128 Å². The van der Waals surface area contributed by atoms with Crippen molar-refractivity contribution in [3.8, 4) is 5.75 Å². The number of benzene rings is 2. The summed E-state index contributed by atoms with van der Waals surface area (Å²) in [6.45, 7) is 0.700. The third-order valence-corrected chi connectivity index (χ3v) is 5.05. The molecule has 2 aromatic carbocycles. The second-order valence-electron chi connectivity index (χ2n) is 5.48. The number of hydrogen-bond donors (Lipinski definition) is 2. The lowest BCUT2D eigenvalue weighted by molar-refractivity contribution is 0.0944. The molecule has 2 N–H and O–H groups in total. The lowest BCUT2D eigenvalue weighted by Crippen LogP contribution is -2.31. The summed E-state index contributed by atoms with van der Waals surface area (Å²) in [4.78, 5) is 12.3. The van der Waals surface area contributed by atoms with Crippen LogP contribution in [0.5, 0.6) is 5.75 Å². The third-order valence-electron chi connectivity index (χ3n) is 4.00. The van der Waals surface area contributed by atoms with E-state index in [0.29, 0.717) is 18.0 Å². The highest BCUT2D eigenvalue weighted by Gasteiger charge is 2.17. The van der Waals surface area contributed by atoms with E-state index in [1.54, 1.807) is 12.1 Å². The van der Waals surface area contributed by atoms with Gasteiger partial charge in [0.1, 0.15) is 5.75 Å². The van der Waals surface area contributed by atoms with Gasteiger partial charge in [0.25, 0.3) is 5.91 Å². The Morgan fingerprint density at radius 1 is 1.19 bits per heavy atom. The number of fused-ring (bicyclic) bond motifs is 1. The second kappa shape index (κ2) is 6.39. The van der Waals surface area contributed by atoms with E-state index in [4.69, 9.17) is 0 Å². The fourth-order valence-corrected chi connectivity index (χ4v) is 3.90. The maximum atomic E-state index is 12.3. The van der Waals surface area contributed by atoms with Crippen LogP contribution in [0.15, 0.2) is 36.4 Å². The summed E-state index contributed by atoms with van der Waals surface area (Å²) in [7, 11) is 0. The van der Waals surface area contributed by atoms with Crippen molar-refractivity contribution < 1.29 is 9.90 Å². The molecule has 1 aliphatic heterocycles. The molecule has 1 fully saturated rings. The Hall–Kier alpha value is -1.68. The van der Waals surface area contributed by atoms with Crippen molar-refractivity contribution >= 4 is 28.4 Å². The molecule has 0 radical (unpaired) electrons. The molecular formula is C17H19NO2S. The van der Waals surface area contributed by atoms with Gasteiger partial charge in [-0.3, -0.25) is 4.79 Å². The molecule has 0 aliphatic carbocycles. The van der Waals surface area contributed by atoms with Gasteiger partial charge in [0.05, 0.1) is 5.56 Å². The molecule has 3 rings (SSSR count). The summed E-state index contributed by atoms with van der Waals surface area (Å²) >= 11 is 1.98. The lowest BCUT2D eigenvalue weighted by Gasteiger charge is -2.21. The highest BCUT2D eigenvalue weighted by atomic mass is 32.2. The predicted octanol–water partition coefficient (Wildman–Crippen LogP) is 3.42. The quantitative estimate of drug-likeness (QED) is 0.913. The topological polar surface area (TPSA) is 49.3 Å². The van der Waals surface area contributed by atoms with Gasteiger partial charge in [-0.05, 0) is 53.2 Å². The summed E-state index contributed by atoms with van der Waals surface area (Å²) in [6, 6.07) is 11.1. The molecule has 0 unspecified atom stereocenters. The minimum absolute atomic E-state index is 0.0467. The van der Waals surface area contributed by atoms with E-state index < -0.39 is 0 Å². The SMILES string of the molecule is O=C(NCC1CCSCC1)c1cc2ccccc2cc1O. The van der Waals surface area contributed by atoms with Gasteiger partial charge in [-0.15, -0.1) is 0 Å². The number of thioether (sulfide) groups is 1. The first-order valence-corrected chi connectivity index (χ1v) is 8.47. The van der Waals surface area contributed by atoms with Crippen molar-refractivity contribution in [2.45, 2.75) is 12.8 Å². The molecule has 0 bridgehead atoms. The first kappa shape index (κ1) is 14.3.